The van der Waals surface area contributed by atoms with Gasteiger partial charge in [-0.15, -0.1) is 0 Å². The molecule has 0 saturated heterocycles. The van der Waals surface area contributed by atoms with Crippen molar-refractivity contribution in [3.63, 3.8) is 0 Å². The minimum absolute atomic E-state index is 0.0668. The molecule has 0 aliphatic heterocycles. The Morgan fingerprint density at radius 2 is 2.00 bits per heavy atom. The molecule has 4 heteroatoms. The Hall–Kier alpha value is -1.55. The summed E-state index contributed by atoms with van der Waals surface area (Å²) >= 11 is 0. The molecule has 21 heavy (non-hydrogen) atoms. The molecule has 4 nitrogen and oxygen atoms in total. The maximum Gasteiger partial charge on any atom is 0.260 e. The molecule has 1 aromatic rings. The molecule has 0 bridgehead atoms. The fourth-order valence-corrected chi connectivity index (χ4v) is 1.96. The van der Waals surface area contributed by atoms with Gasteiger partial charge in [-0.05, 0) is 25.8 Å². The van der Waals surface area contributed by atoms with Gasteiger partial charge in [0.1, 0.15) is 5.75 Å². The highest BCUT2D eigenvalue weighted by atomic mass is 16.5. The van der Waals surface area contributed by atoms with E-state index in [2.05, 4.69) is 24.5 Å². The Balaban J connectivity index is 2.78. The van der Waals surface area contributed by atoms with Crippen molar-refractivity contribution in [2.45, 2.75) is 59.7 Å². The molecule has 1 amide bonds. The van der Waals surface area contributed by atoms with Crippen molar-refractivity contribution >= 4 is 5.91 Å². The molecule has 1 aromatic carbocycles. The van der Waals surface area contributed by atoms with Gasteiger partial charge in [0.05, 0.1) is 0 Å². The largest absolute Gasteiger partial charge is 0.480 e. The van der Waals surface area contributed by atoms with Gasteiger partial charge in [0.25, 0.3) is 5.91 Å². The van der Waals surface area contributed by atoms with E-state index < -0.39 is 6.10 Å². The number of ether oxygens (including phenoxy) is 1. The third kappa shape index (κ3) is 5.76. The third-order valence-corrected chi connectivity index (χ3v) is 3.21. The van der Waals surface area contributed by atoms with Crippen LogP contribution in [-0.4, -0.2) is 24.6 Å². The molecule has 0 saturated carbocycles. The van der Waals surface area contributed by atoms with E-state index in [-0.39, 0.29) is 5.91 Å². The van der Waals surface area contributed by atoms with Gasteiger partial charge >= 0.3 is 0 Å². The van der Waals surface area contributed by atoms with Gasteiger partial charge in [0.15, 0.2) is 6.10 Å². The van der Waals surface area contributed by atoms with E-state index in [1.807, 2.05) is 32.0 Å². The Morgan fingerprint density at radius 3 is 2.62 bits per heavy atom. The Morgan fingerprint density at radius 1 is 1.29 bits per heavy atom. The van der Waals surface area contributed by atoms with E-state index >= 15 is 0 Å². The highest BCUT2D eigenvalue weighted by molar-refractivity contribution is 5.80. The van der Waals surface area contributed by atoms with Crippen LogP contribution in [0, 0.1) is 6.92 Å². The summed E-state index contributed by atoms with van der Waals surface area (Å²) in [6, 6.07) is 6.46. The van der Waals surface area contributed by atoms with E-state index in [1.54, 1.807) is 6.92 Å². The van der Waals surface area contributed by atoms with Gasteiger partial charge in [0.2, 0.25) is 0 Å². The standard InChI is InChI=1S/C17H28N2O2/c1-6-10-18-17(20)14(5)21-16-13(4)8-7-9-15(16)11-19-12(2)3/h7-9,12,14,19H,6,10-11H2,1-5H3,(H,18,20). The second-order valence-corrected chi connectivity index (χ2v) is 5.65. The Kier molecular flexibility index (Phi) is 7.23. The SMILES string of the molecule is CCCNC(=O)C(C)Oc1c(C)cccc1CNC(C)C. The van der Waals surface area contributed by atoms with Crippen LogP contribution in [0.4, 0.5) is 0 Å². The van der Waals surface area contributed by atoms with Crippen LogP contribution in [0.15, 0.2) is 18.2 Å². The van der Waals surface area contributed by atoms with Gasteiger partial charge in [-0.3, -0.25) is 4.79 Å². The fourth-order valence-electron chi connectivity index (χ4n) is 1.96. The molecule has 0 spiro atoms. The molecular weight excluding hydrogens is 264 g/mol. The van der Waals surface area contributed by atoms with Gasteiger partial charge in [-0.2, -0.15) is 0 Å². The van der Waals surface area contributed by atoms with Crippen LogP contribution in [0.5, 0.6) is 5.75 Å². The van der Waals surface area contributed by atoms with E-state index in [0.717, 1.165) is 29.8 Å². The predicted octanol–water partition coefficient (Wildman–Crippen LogP) is 2.79. The molecule has 2 N–H and O–H groups in total. The molecule has 118 valence electrons. The zero-order chi connectivity index (χ0) is 15.8. The number of hydrogen-bond donors (Lipinski definition) is 2. The minimum Gasteiger partial charge on any atom is -0.480 e. The van der Waals surface area contributed by atoms with Crippen molar-refractivity contribution in [2.75, 3.05) is 6.54 Å². The van der Waals surface area contributed by atoms with Gasteiger partial charge < -0.3 is 15.4 Å². The lowest BCUT2D eigenvalue weighted by Gasteiger charge is -2.20. The van der Waals surface area contributed by atoms with Crippen LogP contribution in [0.25, 0.3) is 0 Å². The topological polar surface area (TPSA) is 50.4 Å². The van der Waals surface area contributed by atoms with Gasteiger partial charge in [-0.25, -0.2) is 0 Å². The van der Waals surface area contributed by atoms with Crippen molar-refractivity contribution < 1.29 is 9.53 Å². The van der Waals surface area contributed by atoms with Crippen molar-refractivity contribution in [2.24, 2.45) is 0 Å². The lowest BCUT2D eigenvalue weighted by molar-refractivity contribution is -0.127. The summed E-state index contributed by atoms with van der Waals surface area (Å²) in [7, 11) is 0. The van der Waals surface area contributed by atoms with Gasteiger partial charge in [0, 0.05) is 24.7 Å². The van der Waals surface area contributed by atoms with E-state index in [0.29, 0.717) is 12.6 Å². The smallest absolute Gasteiger partial charge is 0.260 e. The zero-order valence-corrected chi connectivity index (χ0v) is 13.8. The van der Waals surface area contributed by atoms with Crippen molar-refractivity contribution in [1.82, 2.24) is 10.6 Å². The van der Waals surface area contributed by atoms with Crippen LogP contribution in [0.2, 0.25) is 0 Å². The number of rotatable bonds is 8. The lowest BCUT2D eigenvalue weighted by atomic mass is 10.1. The summed E-state index contributed by atoms with van der Waals surface area (Å²) < 4.78 is 5.92. The first-order valence-corrected chi connectivity index (χ1v) is 7.72. The highest BCUT2D eigenvalue weighted by Crippen LogP contribution is 2.24. The number of hydrogen-bond acceptors (Lipinski definition) is 3. The lowest BCUT2D eigenvalue weighted by Crippen LogP contribution is -2.37. The number of carbonyl (C=O) groups excluding carboxylic acids is 1. The van der Waals surface area contributed by atoms with Crippen LogP contribution >= 0.6 is 0 Å². The summed E-state index contributed by atoms with van der Waals surface area (Å²) in [6.07, 6.45) is 0.433. The molecule has 0 aromatic heterocycles. The fraction of sp³-hybridized carbons (Fsp3) is 0.588. The van der Waals surface area contributed by atoms with E-state index in [4.69, 9.17) is 4.74 Å². The first kappa shape index (κ1) is 17.5. The normalized spacial score (nSPS) is 12.3. The molecule has 0 fully saturated rings. The number of amides is 1. The second-order valence-electron chi connectivity index (χ2n) is 5.65. The third-order valence-electron chi connectivity index (χ3n) is 3.21. The maximum atomic E-state index is 11.9. The first-order chi connectivity index (χ1) is 9.95. The summed E-state index contributed by atoms with van der Waals surface area (Å²) in [4.78, 5) is 11.9. The van der Waals surface area contributed by atoms with Gasteiger partial charge in [-0.1, -0.05) is 39.0 Å². The zero-order valence-electron chi connectivity index (χ0n) is 13.8. The predicted molar refractivity (Wildman–Crippen MR) is 86.5 cm³/mol. The first-order valence-electron chi connectivity index (χ1n) is 7.72. The van der Waals surface area contributed by atoms with Crippen molar-refractivity contribution in [3.8, 4) is 5.75 Å². The summed E-state index contributed by atoms with van der Waals surface area (Å²) in [5.74, 6) is 0.743. The maximum absolute atomic E-state index is 11.9. The van der Waals surface area contributed by atoms with E-state index in [1.165, 1.54) is 0 Å². The summed E-state index contributed by atoms with van der Waals surface area (Å²) in [6.45, 7) is 11.5. The molecule has 0 aliphatic rings. The molecular formula is C17H28N2O2. The Labute approximate surface area is 128 Å². The van der Waals surface area contributed by atoms with Crippen LogP contribution in [-0.2, 0) is 11.3 Å². The number of nitrogens with one attached hydrogen (secondary N) is 2. The quantitative estimate of drug-likeness (QED) is 0.774. The number of carbonyl (C=O) groups is 1. The average Bonchev–Trinajstić information content (AvgIpc) is 2.45. The molecule has 0 heterocycles. The number of aryl methyl sites for hydroxylation is 1. The summed E-state index contributed by atoms with van der Waals surface area (Å²) in [5.41, 5.74) is 2.13. The van der Waals surface area contributed by atoms with Crippen LogP contribution < -0.4 is 15.4 Å². The van der Waals surface area contributed by atoms with Crippen LogP contribution in [0.1, 0.15) is 45.2 Å². The second kappa shape index (κ2) is 8.67. The minimum atomic E-state index is -0.490. The molecule has 0 aliphatic carbocycles. The number of benzene rings is 1. The molecule has 0 radical (unpaired) electrons. The Bertz CT molecular complexity index is 458. The highest BCUT2D eigenvalue weighted by Gasteiger charge is 2.17. The summed E-state index contributed by atoms with van der Waals surface area (Å²) in [5, 5.41) is 6.25. The van der Waals surface area contributed by atoms with E-state index in [9.17, 15) is 4.79 Å². The molecule has 1 atom stereocenters. The average molecular weight is 292 g/mol. The van der Waals surface area contributed by atoms with Crippen molar-refractivity contribution in [3.05, 3.63) is 29.3 Å². The molecule has 1 unspecified atom stereocenters. The monoisotopic (exact) mass is 292 g/mol. The van der Waals surface area contributed by atoms with Crippen molar-refractivity contribution in [1.29, 1.82) is 0 Å². The number of para-hydroxylation sites is 1. The van der Waals surface area contributed by atoms with Crippen LogP contribution in [0.3, 0.4) is 0 Å². The molecule has 1 rings (SSSR count).